The van der Waals surface area contributed by atoms with Crippen LogP contribution in [-0.2, 0) is 20.9 Å². The van der Waals surface area contributed by atoms with E-state index in [4.69, 9.17) is 9.47 Å². The maximum atomic E-state index is 13.8. The average molecular weight is 499 g/mol. The first-order valence-corrected chi connectivity index (χ1v) is 13.1. The fourth-order valence-corrected chi connectivity index (χ4v) is 5.51. The van der Waals surface area contributed by atoms with Crippen molar-refractivity contribution in [1.29, 1.82) is 0 Å². The average Bonchev–Trinajstić information content (AvgIpc) is 3.42. The van der Waals surface area contributed by atoms with Crippen molar-refractivity contribution >= 4 is 17.8 Å². The second kappa shape index (κ2) is 11.5. The van der Waals surface area contributed by atoms with E-state index in [1.54, 1.807) is 18.9 Å². The van der Waals surface area contributed by atoms with Gasteiger partial charge >= 0.3 is 12.0 Å². The molecule has 1 aliphatic carbocycles. The molecule has 0 aromatic heterocycles. The molecule has 1 unspecified atom stereocenters. The summed E-state index contributed by atoms with van der Waals surface area (Å²) in [6.45, 7) is 3.12. The molecule has 2 aliphatic heterocycles. The normalized spacial score (nSPS) is 30.0. The van der Waals surface area contributed by atoms with Crippen LogP contribution in [0.2, 0.25) is 0 Å². The summed E-state index contributed by atoms with van der Waals surface area (Å²) in [4.78, 5) is 43.5. The number of amides is 2. The Morgan fingerprint density at radius 2 is 1.94 bits per heavy atom. The zero-order valence-electron chi connectivity index (χ0n) is 21.4. The Balaban J connectivity index is 1.58. The summed E-state index contributed by atoms with van der Waals surface area (Å²) < 4.78 is 10.6. The number of nitrogens with zero attached hydrogens (tertiary/aromatic N) is 2. The number of hydrogen-bond donors (Lipinski definition) is 1. The predicted octanol–water partition coefficient (Wildman–Crippen LogP) is 3.71. The highest BCUT2D eigenvalue weighted by atomic mass is 16.5. The Morgan fingerprint density at radius 3 is 2.67 bits per heavy atom. The largest absolute Gasteiger partial charge is 0.497 e. The van der Waals surface area contributed by atoms with Gasteiger partial charge in [-0.2, -0.15) is 0 Å². The Kier molecular flexibility index (Phi) is 8.34. The maximum Gasteiger partial charge on any atom is 0.321 e. The molecule has 36 heavy (non-hydrogen) atoms. The van der Waals surface area contributed by atoms with E-state index in [0.29, 0.717) is 19.5 Å². The van der Waals surface area contributed by atoms with Crippen molar-refractivity contribution in [2.45, 2.75) is 70.6 Å². The molecule has 1 aromatic carbocycles. The number of ether oxygens (including phenoxy) is 2. The number of fused-ring (bicyclic) bond motifs is 2. The monoisotopic (exact) mass is 498 g/mol. The van der Waals surface area contributed by atoms with Gasteiger partial charge in [0.25, 0.3) is 0 Å². The second-order valence-corrected chi connectivity index (χ2v) is 10.2. The van der Waals surface area contributed by atoms with Crippen molar-refractivity contribution in [1.82, 2.24) is 9.80 Å². The minimum atomic E-state index is -0.852. The lowest BCUT2D eigenvalue weighted by molar-refractivity contribution is -0.152. The van der Waals surface area contributed by atoms with Gasteiger partial charge in [0, 0.05) is 32.5 Å². The first-order valence-electron chi connectivity index (χ1n) is 13.1. The first-order chi connectivity index (χ1) is 17.4. The Morgan fingerprint density at radius 1 is 1.17 bits per heavy atom. The number of carbonyl (C=O) groups excluding carboxylic acids is 3. The number of benzene rings is 1. The molecule has 2 fully saturated rings. The van der Waals surface area contributed by atoms with Crippen LogP contribution < -0.4 is 4.74 Å². The topological polar surface area (TPSA) is 96.4 Å². The molecule has 8 heteroatoms. The summed E-state index contributed by atoms with van der Waals surface area (Å²) >= 11 is 0. The highest BCUT2D eigenvalue weighted by Crippen LogP contribution is 2.57. The fraction of sp³-hybridized carbons (Fsp3) is 0.607. The van der Waals surface area contributed by atoms with Crippen LogP contribution in [0.15, 0.2) is 36.4 Å². The Labute approximate surface area is 213 Å². The lowest BCUT2D eigenvalue weighted by Gasteiger charge is -2.32. The van der Waals surface area contributed by atoms with E-state index in [-0.39, 0.29) is 49.7 Å². The van der Waals surface area contributed by atoms with Gasteiger partial charge in [-0.25, -0.2) is 4.79 Å². The summed E-state index contributed by atoms with van der Waals surface area (Å²) in [7, 11) is 1.61. The van der Waals surface area contributed by atoms with Crippen molar-refractivity contribution in [2.75, 3.05) is 26.8 Å². The predicted molar refractivity (Wildman–Crippen MR) is 134 cm³/mol. The number of hydrogen-bond acceptors (Lipinski definition) is 6. The van der Waals surface area contributed by atoms with Gasteiger partial charge in [-0.15, -0.1) is 0 Å². The van der Waals surface area contributed by atoms with Crippen molar-refractivity contribution in [3.8, 4) is 5.75 Å². The van der Waals surface area contributed by atoms with E-state index in [1.807, 2.05) is 24.3 Å². The number of methoxy groups -OCH3 is 1. The molecule has 8 nitrogen and oxygen atoms in total. The highest BCUT2D eigenvalue weighted by Gasteiger charge is 2.61. The molecule has 1 aromatic rings. The molecule has 1 saturated carbocycles. The molecular formula is C28H38N2O6. The zero-order valence-corrected chi connectivity index (χ0v) is 21.4. The summed E-state index contributed by atoms with van der Waals surface area (Å²) in [6.07, 6.45) is 7.92. The zero-order chi connectivity index (χ0) is 25.7. The van der Waals surface area contributed by atoms with E-state index in [1.165, 1.54) is 4.90 Å². The lowest BCUT2D eigenvalue weighted by atomic mass is 9.92. The van der Waals surface area contributed by atoms with Crippen LogP contribution in [0.1, 0.15) is 57.4 Å². The van der Waals surface area contributed by atoms with Crippen LogP contribution in [0, 0.1) is 11.3 Å². The van der Waals surface area contributed by atoms with E-state index in [9.17, 15) is 19.5 Å². The van der Waals surface area contributed by atoms with Gasteiger partial charge in [0.1, 0.15) is 5.75 Å². The van der Waals surface area contributed by atoms with Crippen molar-refractivity contribution in [3.63, 3.8) is 0 Å². The minimum absolute atomic E-state index is 0.0207. The van der Waals surface area contributed by atoms with Crippen LogP contribution >= 0.6 is 0 Å². The number of Topliss-reactive ketones (excluding diaryl/α,β-unsaturated/α-hetero) is 1. The van der Waals surface area contributed by atoms with E-state index >= 15 is 0 Å². The van der Waals surface area contributed by atoms with Gasteiger partial charge in [-0.1, -0.05) is 30.7 Å². The first kappa shape index (κ1) is 26.2. The maximum absolute atomic E-state index is 13.8. The number of aliphatic hydroxyl groups is 1. The number of esters is 1. The molecule has 196 valence electrons. The molecular weight excluding hydrogens is 460 g/mol. The van der Waals surface area contributed by atoms with Gasteiger partial charge in [0.2, 0.25) is 0 Å². The molecule has 1 N–H and O–H groups in total. The number of rotatable bonds is 5. The van der Waals surface area contributed by atoms with Crippen LogP contribution in [-0.4, -0.2) is 71.6 Å². The van der Waals surface area contributed by atoms with E-state index < -0.39 is 17.6 Å². The summed E-state index contributed by atoms with van der Waals surface area (Å²) in [5.74, 6) is 0.211. The smallest absolute Gasteiger partial charge is 0.321 e. The highest BCUT2D eigenvalue weighted by molar-refractivity contribution is 5.94. The number of allylic oxidation sites excluding steroid dienone is 2. The SMILES string of the molecule is CCOC(=O)[C@]12CC(=O)C3C[C@H](O)CN3C(=O)N(Cc3ccc(OC)cc3)CCCCC/C=C\[C@@H]1C2. The molecule has 3 aliphatic rings. The molecule has 4 rings (SSSR count). The van der Waals surface area contributed by atoms with Gasteiger partial charge in [0.15, 0.2) is 5.78 Å². The third kappa shape index (κ3) is 5.75. The van der Waals surface area contributed by atoms with E-state index in [2.05, 4.69) is 12.2 Å². The fourth-order valence-electron chi connectivity index (χ4n) is 5.51. The summed E-state index contributed by atoms with van der Waals surface area (Å²) in [5, 5.41) is 10.4. The van der Waals surface area contributed by atoms with Crippen molar-refractivity contribution in [3.05, 3.63) is 42.0 Å². The third-order valence-electron chi connectivity index (χ3n) is 7.67. The number of carbonyl (C=O) groups is 3. The van der Waals surface area contributed by atoms with Gasteiger partial charge in [-0.3, -0.25) is 9.59 Å². The van der Waals surface area contributed by atoms with Crippen LogP contribution in [0.3, 0.4) is 0 Å². The lowest BCUT2D eigenvalue weighted by Crippen LogP contribution is -2.48. The molecule has 2 heterocycles. The molecule has 0 radical (unpaired) electrons. The second-order valence-electron chi connectivity index (χ2n) is 10.2. The Hall–Kier alpha value is -2.87. The molecule has 0 bridgehead atoms. The van der Waals surface area contributed by atoms with Gasteiger partial charge in [-0.05, 0) is 56.2 Å². The third-order valence-corrected chi connectivity index (χ3v) is 7.67. The van der Waals surface area contributed by atoms with E-state index in [0.717, 1.165) is 37.0 Å². The van der Waals surface area contributed by atoms with Gasteiger partial charge < -0.3 is 24.4 Å². The van der Waals surface area contributed by atoms with Crippen LogP contribution in [0.4, 0.5) is 4.79 Å². The van der Waals surface area contributed by atoms with Crippen molar-refractivity contribution in [2.24, 2.45) is 11.3 Å². The standard InChI is InChI=1S/C28H38N2O6/c1-3-36-26(33)28-16-21(28)9-7-5-4-6-8-14-29(18-20-10-12-23(35-2)13-11-20)27(34)30-19-22(31)15-24(30)25(32)17-28/h7,9-13,21-22,24,31H,3-6,8,14-19H2,1-2H3/b9-7-/t21-,22+,24?,28-/m1/s1. The molecule has 4 atom stereocenters. The van der Waals surface area contributed by atoms with Crippen LogP contribution in [0.5, 0.6) is 5.75 Å². The van der Waals surface area contributed by atoms with Gasteiger partial charge in [0.05, 0.1) is 31.3 Å². The van der Waals surface area contributed by atoms with Crippen LogP contribution in [0.25, 0.3) is 0 Å². The minimum Gasteiger partial charge on any atom is -0.497 e. The number of urea groups is 1. The number of ketones is 1. The Bertz CT molecular complexity index is 977. The molecule has 2 amide bonds. The summed E-state index contributed by atoms with van der Waals surface area (Å²) in [6, 6.07) is 6.62. The quantitative estimate of drug-likeness (QED) is 0.491. The molecule has 1 saturated heterocycles. The number of aliphatic hydroxyl groups excluding tert-OH is 1. The summed E-state index contributed by atoms with van der Waals surface area (Å²) in [5.41, 5.74) is 0.115. The molecule has 0 spiro atoms. The van der Waals surface area contributed by atoms with Crippen molar-refractivity contribution < 1.29 is 29.0 Å².